The van der Waals surface area contributed by atoms with Crippen LogP contribution in [-0.2, 0) is 6.54 Å². The highest BCUT2D eigenvalue weighted by atomic mass is 16.6. The second-order valence-electron chi connectivity index (χ2n) is 5.44. The lowest BCUT2D eigenvalue weighted by atomic mass is 10.2. The number of benzene rings is 2. The number of aliphatic hydroxyl groups excluding tert-OH is 1. The smallest absolute Gasteiger partial charge is 0.270 e. The molecule has 128 valence electrons. The van der Waals surface area contributed by atoms with E-state index in [1.807, 2.05) is 18.2 Å². The third-order valence-corrected chi connectivity index (χ3v) is 3.61. The number of hydrogen-bond acceptors (Lipinski definition) is 6. The van der Waals surface area contributed by atoms with Gasteiger partial charge in [0.2, 0.25) is 0 Å². The van der Waals surface area contributed by atoms with Crippen LogP contribution in [0.25, 0.3) is 10.9 Å². The number of para-hydroxylation sites is 1. The number of hydrogen-bond donors (Lipinski definition) is 1. The number of aromatic nitrogens is 2. The average Bonchev–Trinajstić information content (AvgIpc) is 2.63. The normalized spacial score (nSPS) is 12.0. The molecule has 0 fully saturated rings. The van der Waals surface area contributed by atoms with E-state index in [4.69, 9.17) is 4.74 Å². The van der Waals surface area contributed by atoms with Crippen molar-refractivity contribution in [2.24, 2.45) is 0 Å². The molecule has 0 spiro atoms. The van der Waals surface area contributed by atoms with E-state index in [0.717, 1.165) is 0 Å². The van der Waals surface area contributed by atoms with Crippen LogP contribution in [0.2, 0.25) is 0 Å². The standard InChI is InChI=1S/C17H15N3O5/c21-13(10-25-14-4-2-1-3-5-14)9-19-11-18-16-7-6-12(20(23)24)8-15(16)17(19)22/h1-8,11,13,21H,9-10H2. The van der Waals surface area contributed by atoms with Crippen LogP contribution < -0.4 is 10.3 Å². The van der Waals surface area contributed by atoms with E-state index in [9.17, 15) is 20.0 Å². The summed E-state index contributed by atoms with van der Waals surface area (Å²) < 4.78 is 6.66. The quantitative estimate of drug-likeness (QED) is 0.540. The van der Waals surface area contributed by atoms with Gasteiger partial charge in [-0.25, -0.2) is 4.98 Å². The van der Waals surface area contributed by atoms with E-state index < -0.39 is 16.6 Å². The summed E-state index contributed by atoms with van der Waals surface area (Å²) in [6, 6.07) is 12.9. The summed E-state index contributed by atoms with van der Waals surface area (Å²) in [7, 11) is 0. The first-order valence-electron chi connectivity index (χ1n) is 7.54. The van der Waals surface area contributed by atoms with Gasteiger partial charge in [-0.1, -0.05) is 18.2 Å². The molecule has 1 N–H and O–H groups in total. The number of rotatable bonds is 6. The van der Waals surface area contributed by atoms with E-state index in [0.29, 0.717) is 11.3 Å². The fraction of sp³-hybridized carbons (Fsp3) is 0.176. The molecule has 0 aliphatic heterocycles. The first-order valence-corrected chi connectivity index (χ1v) is 7.54. The molecular weight excluding hydrogens is 326 g/mol. The van der Waals surface area contributed by atoms with Gasteiger partial charge in [-0.2, -0.15) is 0 Å². The fourth-order valence-corrected chi connectivity index (χ4v) is 2.38. The lowest BCUT2D eigenvalue weighted by molar-refractivity contribution is -0.384. The van der Waals surface area contributed by atoms with Gasteiger partial charge in [-0.15, -0.1) is 0 Å². The minimum atomic E-state index is -0.934. The number of fused-ring (bicyclic) bond motifs is 1. The highest BCUT2D eigenvalue weighted by Gasteiger charge is 2.13. The number of nitro benzene ring substituents is 1. The molecule has 0 aliphatic rings. The molecule has 1 atom stereocenters. The van der Waals surface area contributed by atoms with Crippen LogP contribution in [0.5, 0.6) is 5.75 Å². The van der Waals surface area contributed by atoms with Crippen LogP contribution in [0.15, 0.2) is 59.7 Å². The van der Waals surface area contributed by atoms with Crippen molar-refractivity contribution in [2.75, 3.05) is 6.61 Å². The van der Waals surface area contributed by atoms with E-state index in [2.05, 4.69) is 4.98 Å². The molecule has 8 heteroatoms. The van der Waals surface area contributed by atoms with Crippen molar-refractivity contribution in [3.8, 4) is 5.75 Å². The molecule has 1 aromatic heterocycles. The highest BCUT2D eigenvalue weighted by Crippen LogP contribution is 2.16. The van der Waals surface area contributed by atoms with Gasteiger partial charge < -0.3 is 9.84 Å². The molecular formula is C17H15N3O5. The predicted octanol–water partition coefficient (Wildman–Crippen LogP) is 1.74. The Morgan fingerprint density at radius 2 is 2.00 bits per heavy atom. The zero-order valence-corrected chi connectivity index (χ0v) is 13.1. The highest BCUT2D eigenvalue weighted by molar-refractivity contribution is 5.79. The van der Waals surface area contributed by atoms with E-state index in [-0.39, 0.29) is 24.2 Å². The Kier molecular flexibility index (Phi) is 4.71. The van der Waals surface area contributed by atoms with Gasteiger partial charge in [0.15, 0.2) is 0 Å². The summed E-state index contributed by atoms with van der Waals surface area (Å²) in [5.74, 6) is 0.612. The van der Waals surface area contributed by atoms with Crippen molar-refractivity contribution >= 4 is 16.6 Å². The van der Waals surface area contributed by atoms with E-state index in [1.165, 1.54) is 29.1 Å². The number of aliphatic hydroxyl groups is 1. The topological polar surface area (TPSA) is 107 Å². The third kappa shape index (κ3) is 3.81. The van der Waals surface area contributed by atoms with Crippen molar-refractivity contribution in [3.05, 3.63) is 75.3 Å². The SMILES string of the molecule is O=c1c2cc([N+](=O)[O-])ccc2ncn1CC(O)COc1ccccc1. The van der Waals surface area contributed by atoms with Gasteiger partial charge in [-0.05, 0) is 18.2 Å². The Bertz CT molecular complexity index is 955. The summed E-state index contributed by atoms with van der Waals surface area (Å²) >= 11 is 0. The number of ether oxygens (including phenoxy) is 1. The van der Waals surface area contributed by atoms with Crippen LogP contribution in [0.4, 0.5) is 5.69 Å². The third-order valence-electron chi connectivity index (χ3n) is 3.61. The predicted molar refractivity (Wildman–Crippen MR) is 90.6 cm³/mol. The summed E-state index contributed by atoms with van der Waals surface area (Å²) in [5, 5.41) is 21.1. The van der Waals surface area contributed by atoms with Crippen molar-refractivity contribution < 1.29 is 14.8 Å². The summed E-state index contributed by atoms with van der Waals surface area (Å²) in [5.41, 5.74) is -0.272. The molecule has 3 aromatic rings. The van der Waals surface area contributed by atoms with Gasteiger partial charge in [0.1, 0.15) is 18.5 Å². The maximum atomic E-state index is 12.5. The molecule has 0 saturated carbocycles. The monoisotopic (exact) mass is 341 g/mol. The minimum absolute atomic E-state index is 0.00340. The number of nitrogens with zero attached hydrogens (tertiary/aromatic N) is 3. The van der Waals surface area contributed by atoms with Gasteiger partial charge in [0.05, 0.1) is 28.7 Å². The first kappa shape index (κ1) is 16.6. The molecule has 0 amide bonds. The lowest BCUT2D eigenvalue weighted by Crippen LogP contribution is -2.30. The number of non-ortho nitro benzene ring substituents is 1. The Morgan fingerprint density at radius 1 is 1.24 bits per heavy atom. The summed E-state index contributed by atoms with van der Waals surface area (Å²) in [4.78, 5) is 26.9. The Labute approximate surface area is 142 Å². The largest absolute Gasteiger partial charge is 0.491 e. The molecule has 3 rings (SSSR count). The van der Waals surface area contributed by atoms with Crippen molar-refractivity contribution in [1.82, 2.24) is 9.55 Å². The molecule has 0 radical (unpaired) electrons. The van der Waals surface area contributed by atoms with E-state index >= 15 is 0 Å². The molecule has 1 heterocycles. The van der Waals surface area contributed by atoms with Crippen molar-refractivity contribution in [3.63, 3.8) is 0 Å². The van der Waals surface area contributed by atoms with Crippen molar-refractivity contribution in [1.29, 1.82) is 0 Å². The minimum Gasteiger partial charge on any atom is -0.491 e. The Balaban J connectivity index is 1.77. The summed E-state index contributed by atoms with van der Waals surface area (Å²) in [6.07, 6.45) is 0.373. The fourth-order valence-electron chi connectivity index (χ4n) is 2.38. The van der Waals surface area contributed by atoms with Gasteiger partial charge in [0, 0.05) is 12.1 Å². The van der Waals surface area contributed by atoms with E-state index in [1.54, 1.807) is 12.1 Å². The van der Waals surface area contributed by atoms with Gasteiger partial charge in [0.25, 0.3) is 11.2 Å². The van der Waals surface area contributed by atoms with Gasteiger partial charge in [-0.3, -0.25) is 19.5 Å². The molecule has 0 saturated heterocycles. The molecule has 1 unspecified atom stereocenters. The molecule has 2 aromatic carbocycles. The van der Waals surface area contributed by atoms with Crippen LogP contribution in [0.1, 0.15) is 0 Å². The molecule has 0 bridgehead atoms. The molecule has 0 aliphatic carbocycles. The maximum Gasteiger partial charge on any atom is 0.270 e. The second kappa shape index (κ2) is 7.10. The van der Waals surface area contributed by atoms with Crippen molar-refractivity contribution in [2.45, 2.75) is 12.6 Å². The Hall–Kier alpha value is -3.26. The molecule has 8 nitrogen and oxygen atoms in total. The van der Waals surface area contributed by atoms with Crippen LogP contribution in [0.3, 0.4) is 0 Å². The number of nitro groups is 1. The average molecular weight is 341 g/mol. The first-order chi connectivity index (χ1) is 12.0. The Morgan fingerprint density at radius 3 is 2.72 bits per heavy atom. The zero-order valence-electron chi connectivity index (χ0n) is 13.1. The lowest BCUT2D eigenvalue weighted by Gasteiger charge is -2.14. The van der Waals surface area contributed by atoms with Crippen LogP contribution >= 0.6 is 0 Å². The van der Waals surface area contributed by atoms with Crippen LogP contribution in [-0.4, -0.2) is 32.3 Å². The van der Waals surface area contributed by atoms with Crippen LogP contribution in [0, 0.1) is 10.1 Å². The molecule has 25 heavy (non-hydrogen) atoms. The summed E-state index contributed by atoms with van der Waals surface area (Å²) in [6.45, 7) is -0.0271. The van der Waals surface area contributed by atoms with Gasteiger partial charge >= 0.3 is 0 Å². The maximum absolute atomic E-state index is 12.5. The zero-order chi connectivity index (χ0) is 17.8. The second-order valence-corrected chi connectivity index (χ2v) is 5.44.